The molecule has 41 heavy (non-hydrogen) atoms. The van der Waals surface area contributed by atoms with Gasteiger partial charge in [0, 0.05) is 48.6 Å². The molecule has 0 fully saturated rings. The van der Waals surface area contributed by atoms with Crippen molar-refractivity contribution in [1.82, 2.24) is 9.88 Å². The zero-order chi connectivity index (χ0) is 28.9. The molecular weight excluding hydrogens is 541 g/mol. The molecule has 0 spiro atoms. The molecule has 0 bridgehead atoms. The minimum absolute atomic E-state index is 0.262. The molecule has 9 heteroatoms. The molecule has 6 aromatic rings. The van der Waals surface area contributed by atoms with Gasteiger partial charge in [-0.05, 0) is 65.5 Å². The van der Waals surface area contributed by atoms with Gasteiger partial charge in [-0.1, -0.05) is 30.3 Å². The van der Waals surface area contributed by atoms with Crippen molar-refractivity contribution in [2.45, 2.75) is 0 Å². The van der Waals surface area contributed by atoms with Gasteiger partial charge in [0.1, 0.15) is 17.2 Å². The highest BCUT2D eigenvalue weighted by Crippen LogP contribution is 2.42. The lowest BCUT2D eigenvalue weighted by Crippen LogP contribution is -2.25. The van der Waals surface area contributed by atoms with Gasteiger partial charge in [0.2, 0.25) is 10.0 Å². The van der Waals surface area contributed by atoms with Gasteiger partial charge >= 0.3 is 0 Å². The Morgan fingerprint density at radius 1 is 0.927 bits per heavy atom. The Hall–Kier alpha value is -4.89. The van der Waals surface area contributed by atoms with Gasteiger partial charge in [0.15, 0.2) is 0 Å². The van der Waals surface area contributed by atoms with Crippen molar-refractivity contribution in [3.8, 4) is 28.1 Å². The third-order valence-corrected chi connectivity index (χ3v) is 8.43. The number of nitrogens with zero attached hydrogens (tertiary/aromatic N) is 2. The first kappa shape index (κ1) is 26.3. The van der Waals surface area contributed by atoms with E-state index in [2.05, 4.69) is 9.88 Å². The topological polar surface area (TPSA) is 84.6 Å². The lowest BCUT2D eigenvalue weighted by Gasteiger charge is -2.21. The number of hydrogen-bond acceptors (Lipinski definition) is 4. The number of para-hydroxylation sites is 1. The molecule has 6 rings (SSSR count). The van der Waals surface area contributed by atoms with Crippen LogP contribution in [0.2, 0.25) is 0 Å². The van der Waals surface area contributed by atoms with E-state index < -0.39 is 15.8 Å². The lowest BCUT2D eigenvalue weighted by molar-refractivity contribution is 0.0964. The van der Waals surface area contributed by atoms with E-state index in [0.29, 0.717) is 27.8 Å². The van der Waals surface area contributed by atoms with Gasteiger partial charge in [0.05, 0.1) is 23.0 Å². The Balaban J connectivity index is 1.64. The van der Waals surface area contributed by atoms with Crippen LogP contribution >= 0.6 is 0 Å². The predicted molar refractivity (Wildman–Crippen MR) is 161 cm³/mol. The monoisotopic (exact) mass is 567 g/mol. The Morgan fingerprint density at radius 3 is 2.32 bits per heavy atom. The number of nitrogens with one attached hydrogen (secondary N) is 1. The van der Waals surface area contributed by atoms with E-state index in [1.54, 1.807) is 12.1 Å². The Kier molecular flexibility index (Phi) is 6.38. The van der Waals surface area contributed by atoms with Crippen molar-refractivity contribution >= 4 is 43.5 Å². The van der Waals surface area contributed by atoms with Crippen molar-refractivity contribution in [1.29, 1.82) is 0 Å². The molecule has 206 valence electrons. The minimum Gasteiger partial charge on any atom is -0.455 e. The van der Waals surface area contributed by atoms with E-state index in [4.69, 9.17) is 4.42 Å². The number of anilines is 1. The molecule has 0 saturated carbocycles. The molecule has 0 atom stereocenters. The smallest absolute Gasteiger partial charge is 0.255 e. The molecular formula is C32H26FN3O4S. The number of halogens is 1. The largest absolute Gasteiger partial charge is 0.455 e. The zero-order valence-electron chi connectivity index (χ0n) is 22.6. The highest BCUT2D eigenvalue weighted by molar-refractivity contribution is 7.92. The van der Waals surface area contributed by atoms with E-state index in [9.17, 15) is 17.6 Å². The van der Waals surface area contributed by atoms with Gasteiger partial charge in [-0.2, -0.15) is 0 Å². The van der Waals surface area contributed by atoms with Crippen LogP contribution in [-0.4, -0.2) is 39.2 Å². The summed E-state index contributed by atoms with van der Waals surface area (Å²) >= 11 is 0. The molecule has 4 aromatic carbocycles. The third kappa shape index (κ3) is 4.64. The van der Waals surface area contributed by atoms with Crippen LogP contribution in [0.25, 0.3) is 50.0 Å². The van der Waals surface area contributed by atoms with Gasteiger partial charge < -0.3 is 14.3 Å². The fraction of sp³-hybridized carbons (Fsp3) is 0.0938. The molecule has 7 nitrogen and oxygen atoms in total. The van der Waals surface area contributed by atoms with E-state index in [1.807, 2.05) is 60.8 Å². The van der Waals surface area contributed by atoms with Crippen LogP contribution in [0.1, 0.15) is 10.4 Å². The summed E-state index contributed by atoms with van der Waals surface area (Å²) in [5, 5.41) is 4.19. The summed E-state index contributed by atoms with van der Waals surface area (Å²) in [5.41, 5.74) is 4.79. The van der Waals surface area contributed by atoms with Crippen molar-refractivity contribution in [2.24, 2.45) is 0 Å². The maximum Gasteiger partial charge on any atom is 0.255 e. The molecule has 0 aliphatic carbocycles. The van der Waals surface area contributed by atoms with Gasteiger partial charge in [-0.15, -0.1) is 0 Å². The van der Waals surface area contributed by atoms with Crippen molar-refractivity contribution < 1.29 is 22.0 Å². The maximum atomic E-state index is 13.7. The zero-order valence-corrected chi connectivity index (χ0v) is 23.4. The fourth-order valence-electron chi connectivity index (χ4n) is 5.07. The number of amides is 1. The summed E-state index contributed by atoms with van der Waals surface area (Å²) in [5.74, 6) is -0.536. The first-order valence-electron chi connectivity index (χ1n) is 12.8. The lowest BCUT2D eigenvalue weighted by atomic mass is 9.98. The summed E-state index contributed by atoms with van der Waals surface area (Å²) in [6.07, 6.45) is 3.12. The van der Waals surface area contributed by atoms with Crippen molar-refractivity contribution in [3.63, 3.8) is 0 Å². The van der Waals surface area contributed by atoms with Crippen molar-refractivity contribution in [3.05, 3.63) is 109 Å². The number of hydrogen-bond donors (Lipinski definition) is 1. The van der Waals surface area contributed by atoms with Crippen molar-refractivity contribution in [2.75, 3.05) is 24.7 Å². The van der Waals surface area contributed by atoms with Crippen LogP contribution in [0.4, 0.5) is 10.1 Å². The summed E-state index contributed by atoms with van der Waals surface area (Å²) < 4.78 is 48.6. The summed E-state index contributed by atoms with van der Waals surface area (Å²) in [6.45, 7) is 0. The van der Waals surface area contributed by atoms with Crippen LogP contribution in [-0.2, 0) is 10.0 Å². The summed E-state index contributed by atoms with van der Waals surface area (Å²) in [6, 6.07) is 26.9. The SMILES string of the molecule is CNC(=O)c1c(-c2ccc(F)cc2)oc2cc(N(C)S(C)(=O)=O)c(-c3ccc4ccn(-c5ccccc5)c4c3)cc12. The Labute approximate surface area is 236 Å². The number of benzene rings is 4. The summed E-state index contributed by atoms with van der Waals surface area (Å²) in [7, 11) is -0.651. The van der Waals surface area contributed by atoms with Crippen LogP contribution < -0.4 is 9.62 Å². The number of carbonyl (C=O) groups excluding carboxylic acids is 1. The molecule has 1 N–H and O–H groups in total. The number of rotatable bonds is 6. The third-order valence-electron chi connectivity index (χ3n) is 7.24. The number of aromatic nitrogens is 1. The van der Waals surface area contributed by atoms with Crippen LogP contribution in [0.5, 0.6) is 0 Å². The van der Waals surface area contributed by atoms with Crippen LogP contribution in [0, 0.1) is 5.82 Å². The first-order chi connectivity index (χ1) is 19.7. The Bertz CT molecular complexity index is 2050. The van der Waals surface area contributed by atoms with Gasteiger partial charge in [-0.25, -0.2) is 12.8 Å². The normalized spacial score (nSPS) is 11.7. The molecule has 0 saturated heterocycles. The molecule has 0 unspecified atom stereocenters. The first-order valence-corrected chi connectivity index (χ1v) is 14.7. The van der Waals surface area contributed by atoms with Gasteiger partial charge in [0.25, 0.3) is 5.91 Å². The number of furan rings is 1. The molecule has 0 radical (unpaired) electrons. The molecule has 2 heterocycles. The van der Waals surface area contributed by atoms with E-state index in [-0.39, 0.29) is 17.2 Å². The van der Waals surface area contributed by atoms with Gasteiger partial charge in [-0.3, -0.25) is 9.10 Å². The average Bonchev–Trinajstić information content (AvgIpc) is 3.57. The van der Waals surface area contributed by atoms with Crippen LogP contribution in [0.3, 0.4) is 0 Å². The highest BCUT2D eigenvalue weighted by Gasteiger charge is 2.26. The molecule has 2 aromatic heterocycles. The van der Waals surface area contributed by atoms with Crippen LogP contribution in [0.15, 0.2) is 102 Å². The quantitative estimate of drug-likeness (QED) is 0.246. The average molecular weight is 568 g/mol. The fourth-order valence-corrected chi connectivity index (χ4v) is 5.58. The second-order valence-electron chi connectivity index (χ2n) is 9.78. The number of fused-ring (bicyclic) bond motifs is 2. The second kappa shape index (κ2) is 9.94. The number of sulfonamides is 1. The molecule has 0 aliphatic heterocycles. The van der Waals surface area contributed by atoms with E-state index in [0.717, 1.165) is 28.4 Å². The minimum atomic E-state index is -3.65. The maximum absolute atomic E-state index is 13.7. The van der Waals surface area contributed by atoms with E-state index in [1.165, 1.54) is 42.7 Å². The molecule has 1 amide bonds. The standard InChI is InChI=1S/C32H26FN3O4S/c1-34-32(37)30-26-18-25(22-10-9-20-15-16-36(27(20)17-22)24-7-5-4-6-8-24)28(35(2)41(3,38)39)19-29(26)40-31(30)21-11-13-23(33)14-12-21/h4-19H,1-3H3,(H,34,37). The highest BCUT2D eigenvalue weighted by atomic mass is 32.2. The number of carbonyl (C=O) groups is 1. The Morgan fingerprint density at radius 2 is 1.63 bits per heavy atom. The second-order valence-corrected chi connectivity index (χ2v) is 11.8. The van der Waals surface area contributed by atoms with E-state index >= 15 is 0 Å². The summed E-state index contributed by atoms with van der Waals surface area (Å²) in [4.78, 5) is 13.2. The molecule has 0 aliphatic rings. The predicted octanol–water partition coefficient (Wildman–Crippen LogP) is 6.61.